The van der Waals surface area contributed by atoms with Gasteiger partial charge in [0, 0.05) is 17.8 Å². The van der Waals surface area contributed by atoms with Crippen molar-refractivity contribution in [1.82, 2.24) is 9.55 Å². The molecule has 6 N–H and O–H groups in total. The number of aromatic nitrogens is 2. The van der Waals surface area contributed by atoms with Crippen LogP contribution in [0.1, 0.15) is 11.8 Å². The summed E-state index contributed by atoms with van der Waals surface area (Å²) in [5.74, 6) is -1.56. The Morgan fingerprint density at radius 1 is 1.43 bits per heavy atom. The number of nitrogens with zero attached hydrogens (tertiary/aromatic N) is 2. The van der Waals surface area contributed by atoms with Gasteiger partial charge in [-0.1, -0.05) is 0 Å². The SMILES string of the molecule is O=C(O)/C=C/c1cn([C@@H]2O[C@H](CO)[C@@H](O)[C@H]2O)c(=O)nc1NO. The van der Waals surface area contributed by atoms with E-state index in [4.69, 9.17) is 20.2 Å². The van der Waals surface area contributed by atoms with E-state index in [0.29, 0.717) is 0 Å². The lowest BCUT2D eigenvalue weighted by Gasteiger charge is -2.18. The van der Waals surface area contributed by atoms with E-state index in [1.54, 1.807) is 5.48 Å². The first-order chi connectivity index (χ1) is 10.9. The Hall–Kier alpha value is -2.31. The Labute approximate surface area is 128 Å². The zero-order valence-corrected chi connectivity index (χ0v) is 11.6. The average molecular weight is 329 g/mol. The largest absolute Gasteiger partial charge is 0.478 e. The average Bonchev–Trinajstić information content (AvgIpc) is 2.81. The molecule has 11 nitrogen and oxygen atoms in total. The maximum Gasteiger partial charge on any atom is 0.351 e. The molecule has 1 aliphatic heterocycles. The lowest BCUT2D eigenvalue weighted by Crippen LogP contribution is -2.36. The summed E-state index contributed by atoms with van der Waals surface area (Å²) in [6, 6.07) is 0. The van der Waals surface area contributed by atoms with Gasteiger partial charge in [-0.25, -0.2) is 9.59 Å². The normalized spacial score (nSPS) is 27.5. The number of ether oxygens (including phenoxy) is 1. The Morgan fingerprint density at radius 3 is 2.65 bits per heavy atom. The standard InChI is InChI=1S/C12H15N3O8/c16-4-6-8(19)9(20)11(23-6)15-3-5(1-2-7(17)18)10(14-22)13-12(15)21/h1-3,6,8-9,11,16,19-20,22H,4H2,(H,17,18)(H,13,14,21)/b2-1+/t6-,8-,9-,11-/m1/s1. The molecule has 0 spiro atoms. The molecule has 0 bridgehead atoms. The van der Waals surface area contributed by atoms with Gasteiger partial charge in [-0.2, -0.15) is 4.98 Å². The summed E-state index contributed by atoms with van der Waals surface area (Å²) in [7, 11) is 0. The van der Waals surface area contributed by atoms with Crippen LogP contribution in [-0.2, 0) is 9.53 Å². The number of carboxylic acids is 1. The first-order valence-corrected chi connectivity index (χ1v) is 6.45. The molecule has 1 fully saturated rings. The molecule has 1 aromatic rings. The van der Waals surface area contributed by atoms with Gasteiger partial charge in [-0.3, -0.25) is 15.3 Å². The van der Waals surface area contributed by atoms with E-state index >= 15 is 0 Å². The van der Waals surface area contributed by atoms with Gasteiger partial charge in [0.05, 0.1) is 6.61 Å². The molecule has 0 radical (unpaired) electrons. The van der Waals surface area contributed by atoms with Gasteiger partial charge in [0.15, 0.2) is 12.0 Å². The third-order valence-electron chi connectivity index (χ3n) is 3.28. The lowest BCUT2D eigenvalue weighted by molar-refractivity contribution is -0.131. The first kappa shape index (κ1) is 17.1. The van der Waals surface area contributed by atoms with Crippen LogP contribution in [0, 0.1) is 0 Å². The van der Waals surface area contributed by atoms with Crippen molar-refractivity contribution in [3.8, 4) is 0 Å². The Balaban J connectivity index is 2.45. The fourth-order valence-electron chi connectivity index (χ4n) is 2.15. The molecule has 1 saturated heterocycles. The molecule has 1 aliphatic rings. The number of aliphatic hydroxyl groups excluding tert-OH is 3. The topological polar surface area (TPSA) is 174 Å². The Bertz CT molecular complexity index is 673. The number of anilines is 1. The minimum Gasteiger partial charge on any atom is -0.478 e. The van der Waals surface area contributed by atoms with E-state index in [1.165, 1.54) is 0 Å². The van der Waals surface area contributed by atoms with Crippen LogP contribution in [0.15, 0.2) is 17.1 Å². The number of carboxylic acid groups (broad SMARTS) is 1. The summed E-state index contributed by atoms with van der Waals surface area (Å²) in [6.45, 7) is -0.570. The highest BCUT2D eigenvalue weighted by Gasteiger charge is 2.43. The third-order valence-corrected chi connectivity index (χ3v) is 3.28. The van der Waals surface area contributed by atoms with Gasteiger partial charge < -0.3 is 25.2 Å². The second-order valence-electron chi connectivity index (χ2n) is 4.75. The smallest absolute Gasteiger partial charge is 0.351 e. The molecule has 0 aromatic carbocycles. The van der Waals surface area contributed by atoms with E-state index in [2.05, 4.69) is 4.98 Å². The third kappa shape index (κ3) is 3.38. The van der Waals surface area contributed by atoms with Crippen LogP contribution in [0.25, 0.3) is 6.08 Å². The highest BCUT2D eigenvalue weighted by atomic mass is 16.6. The van der Waals surface area contributed by atoms with Crippen LogP contribution in [0.4, 0.5) is 5.82 Å². The van der Waals surface area contributed by atoms with Gasteiger partial charge in [-0.15, -0.1) is 0 Å². The predicted octanol–water partition coefficient (Wildman–Crippen LogP) is -2.25. The van der Waals surface area contributed by atoms with Crippen molar-refractivity contribution in [3.63, 3.8) is 0 Å². The number of rotatable bonds is 5. The Kier molecular flexibility index (Phi) is 5.08. The molecule has 4 atom stereocenters. The number of carbonyl (C=O) groups is 1. The predicted molar refractivity (Wildman–Crippen MR) is 73.6 cm³/mol. The highest BCUT2D eigenvalue weighted by Crippen LogP contribution is 2.28. The fraction of sp³-hybridized carbons (Fsp3) is 0.417. The van der Waals surface area contributed by atoms with Crippen LogP contribution in [0.2, 0.25) is 0 Å². The van der Waals surface area contributed by atoms with Crippen molar-refractivity contribution in [2.24, 2.45) is 0 Å². The molecule has 1 aromatic heterocycles. The van der Waals surface area contributed by atoms with Crippen molar-refractivity contribution in [2.75, 3.05) is 12.1 Å². The van der Waals surface area contributed by atoms with Gasteiger partial charge >= 0.3 is 11.7 Å². The van der Waals surface area contributed by atoms with Crippen LogP contribution in [-0.4, -0.2) is 66.1 Å². The van der Waals surface area contributed by atoms with Gasteiger partial charge in [0.1, 0.15) is 18.3 Å². The molecule has 11 heteroatoms. The molecule has 0 amide bonds. The zero-order valence-electron chi connectivity index (χ0n) is 11.6. The molecule has 126 valence electrons. The second-order valence-corrected chi connectivity index (χ2v) is 4.75. The number of aliphatic carboxylic acids is 1. The highest BCUT2D eigenvalue weighted by molar-refractivity contribution is 5.86. The summed E-state index contributed by atoms with van der Waals surface area (Å²) in [5, 5.41) is 46.3. The summed E-state index contributed by atoms with van der Waals surface area (Å²) in [6.07, 6.45) is -2.42. The molecule has 2 heterocycles. The summed E-state index contributed by atoms with van der Waals surface area (Å²) < 4.78 is 6.03. The number of nitrogens with one attached hydrogen (secondary N) is 1. The summed E-state index contributed by atoms with van der Waals surface area (Å²) in [5.41, 5.74) is 0.750. The molecule has 0 saturated carbocycles. The minimum absolute atomic E-state index is 0.0206. The number of hydrogen-bond donors (Lipinski definition) is 6. The monoisotopic (exact) mass is 329 g/mol. The van der Waals surface area contributed by atoms with Gasteiger partial charge in [0.2, 0.25) is 0 Å². The fourth-order valence-corrected chi connectivity index (χ4v) is 2.15. The van der Waals surface area contributed by atoms with E-state index < -0.39 is 42.8 Å². The van der Waals surface area contributed by atoms with Crippen molar-refractivity contribution in [1.29, 1.82) is 0 Å². The van der Waals surface area contributed by atoms with Crippen molar-refractivity contribution >= 4 is 17.9 Å². The van der Waals surface area contributed by atoms with Crippen LogP contribution in [0.5, 0.6) is 0 Å². The van der Waals surface area contributed by atoms with Crippen molar-refractivity contribution in [2.45, 2.75) is 24.5 Å². The van der Waals surface area contributed by atoms with Crippen molar-refractivity contribution < 1.29 is 35.2 Å². The van der Waals surface area contributed by atoms with Crippen molar-refractivity contribution in [3.05, 3.63) is 28.3 Å². The molecule has 0 aliphatic carbocycles. The Morgan fingerprint density at radius 2 is 2.13 bits per heavy atom. The van der Waals surface area contributed by atoms with Gasteiger partial charge in [0.25, 0.3) is 0 Å². The van der Waals surface area contributed by atoms with Crippen LogP contribution < -0.4 is 11.2 Å². The van der Waals surface area contributed by atoms with E-state index in [-0.39, 0.29) is 11.4 Å². The number of aliphatic hydroxyl groups is 3. The minimum atomic E-state index is -1.50. The summed E-state index contributed by atoms with van der Waals surface area (Å²) >= 11 is 0. The maximum absolute atomic E-state index is 11.9. The molecule has 23 heavy (non-hydrogen) atoms. The van der Waals surface area contributed by atoms with E-state index in [9.17, 15) is 19.8 Å². The molecular weight excluding hydrogens is 314 g/mol. The van der Waals surface area contributed by atoms with Crippen LogP contribution in [0.3, 0.4) is 0 Å². The molecular formula is C12H15N3O8. The van der Waals surface area contributed by atoms with E-state index in [0.717, 1.165) is 22.9 Å². The molecule has 0 unspecified atom stereocenters. The molecule has 2 rings (SSSR count). The quantitative estimate of drug-likeness (QED) is 0.256. The zero-order chi connectivity index (χ0) is 17.1. The first-order valence-electron chi connectivity index (χ1n) is 6.45. The van der Waals surface area contributed by atoms with E-state index in [1.807, 2.05) is 0 Å². The lowest BCUT2D eigenvalue weighted by atomic mass is 10.1. The second kappa shape index (κ2) is 6.85. The van der Waals surface area contributed by atoms with Crippen LogP contribution >= 0.6 is 0 Å². The maximum atomic E-state index is 11.9. The summed E-state index contributed by atoms with van der Waals surface area (Å²) in [4.78, 5) is 26.0. The van der Waals surface area contributed by atoms with Gasteiger partial charge in [-0.05, 0) is 6.08 Å². The number of hydrogen-bond acceptors (Lipinski definition) is 9.